The molecule has 0 saturated carbocycles. The molecule has 5 heteroatoms. The number of aromatic nitrogens is 1. The number of benzene rings is 2. The van der Waals surface area contributed by atoms with E-state index in [0.717, 1.165) is 22.8 Å². The molecule has 2 heterocycles. The van der Waals surface area contributed by atoms with Gasteiger partial charge in [-0.3, -0.25) is 9.79 Å². The van der Waals surface area contributed by atoms with Gasteiger partial charge in [-0.15, -0.1) is 0 Å². The molecule has 0 aliphatic carbocycles. The number of nitrogens with one attached hydrogen (secondary N) is 1. The first-order valence-electron chi connectivity index (χ1n) is 8.81. The monoisotopic (exact) mass is 375 g/mol. The van der Waals surface area contributed by atoms with E-state index in [2.05, 4.69) is 10.3 Å². The van der Waals surface area contributed by atoms with Gasteiger partial charge in [0.1, 0.15) is 5.69 Å². The van der Waals surface area contributed by atoms with Crippen molar-refractivity contribution < 1.29 is 4.79 Å². The Hall–Kier alpha value is -2.98. The van der Waals surface area contributed by atoms with Crippen molar-refractivity contribution in [2.24, 2.45) is 4.99 Å². The summed E-state index contributed by atoms with van der Waals surface area (Å²) in [5.41, 5.74) is 3.37. The van der Waals surface area contributed by atoms with Crippen LogP contribution in [0.25, 0.3) is 0 Å². The van der Waals surface area contributed by atoms with Crippen LogP contribution in [0.4, 0.5) is 11.5 Å². The molecule has 3 aromatic rings. The minimum Gasteiger partial charge on any atom is -0.361 e. The Morgan fingerprint density at radius 3 is 2.59 bits per heavy atom. The highest BCUT2D eigenvalue weighted by molar-refractivity contribution is 6.30. The maximum atomic E-state index is 12.7. The van der Waals surface area contributed by atoms with E-state index in [9.17, 15) is 4.79 Å². The van der Waals surface area contributed by atoms with Gasteiger partial charge in [0.25, 0.3) is 0 Å². The number of aliphatic imine (C=N–C) groups is 1. The topological polar surface area (TPSA) is 54.4 Å². The second-order valence-corrected chi connectivity index (χ2v) is 6.90. The first kappa shape index (κ1) is 17.4. The van der Waals surface area contributed by atoms with E-state index in [4.69, 9.17) is 16.6 Å². The Morgan fingerprint density at radius 1 is 1.04 bits per heavy atom. The van der Waals surface area contributed by atoms with Crippen LogP contribution >= 0.6 is 11.6 Å². The van der Waals surface area contributed by atoms with Gasteiger partial charge in [0.05, 0.1) is 6.04 Å². The fourth-order valence-electron chi connectivity index (χ4n) is 3.19. The van der Waals surface area contributed by atoms with Crippen LogP contribution in [0.3, 0.4) is 0 Å². The molecule has 1 aliphatic rings. The number of rotatable bonds is 4. The number of halogens is 1. The third kappa shape index (κ3) is 4.07. The molecule has 4 nitrogen and oxygen atoms in total. The number of carbonyl (C=O) groups excluding carboxylic acids is 1. The standard InChI is InChI=1S/C22H18ClN3O/c23-17-10-8-15(9-11-17)20-13-18(14-21(27)16-5-2-1-3-6-16)25-19-7-4-12-24-22(19)26-20/h1-12,20H,13-14H2,(H,24,26). The van der Waals surface area contributed by atoms with E-state index in [1.807, 2.05) is 66.7 Å². The summed E-state index contributed by atoms with van der Waals surface area (Å²) >= 11 is 6.03. The van der Waals surface area contributed by atoms with E-state index in [1.54, 1.807) is 6.20 Å². The van der Waals surface area contributed by atoms with Crippen molar-refractivity contribution in [1.29, 1.82) is 0 Å². The predicted molar refractivity (Wildman–Crippen MR) is 109 cm³/mol. The van der Waals surface area contributed by atoms with E-state index in [0.29, 0.717) is 17.0 Å². The van der Waals surface area contributed by atoms with Gasteiger partial charge >= 0.3 is 0 Å². The van der Waals surface area contributed by atoms with E-state index < -0.39 is 0 Å². The molecule has 1 aromatic heterocycles. The number of Topliss-reactive ketones (excluding diaryl/α,β-unsaturated/α-hetero) is 1. The Labute approximate surface area is 162 Å². The normalized spacial score (nSPS) is 15.9. The molecule has 1 unspecified atom stereocenters. The van der Waals surface area contributed by atoms with Crippen LogP contribution in [0.15, 0.2) is 77.9 Å². The zero-order chi connectivity index (χ0) is 18.6. The minimum atomic E-state index is -0.0271. The summed E-state index contributed by atoms with van der Waals surface area (Å²) < 4.78 is 0. The largest absolute Gasteiger partial charge is 0.361 e. The van der Waals surface area contributed by atoms with Gasteiger partial charge in [-0.25, -0.2) is 4.98 Å². The number of ketones is 1. The highest BCUT2D eigenvalue weighted by Gasteiger charge is 2.22. The van der Waals surface area contributed by atoms with Crippen LogP contribution in [0.1, 0.15) is 34.8 Å². The summed E-state index contributed by atoms with van der Waals surface area (Å²) in [6.07, 6.45) is 2.64. The van der Waals surface area contributed by atoms with E-state index in [-0.39, 0.29) is 18.2 Å². The third-order valence-corrected chi connectivity index (χ3v) is 4.80. The fourth-order valence-corrected chi connectivity index (χ4v) is 3.31. The summed E-state index contributed by atoms with van der Waals surface area (Å²) in [6, 6.07) is 20.8. The third-order valence-electron chi connectivity index (χ3n) is 4.55. The number of nitrogens with zero attached hydrogens (tertiary/aromatic N) is 2. The number of carbonyl (C=O) groups is 1. The fraction of sp³-hybridized carbons (Fsp3) is 0.136. The van der Waals surface area contributed by atoms with Gasteiger partial charge in [-0.05, 0) is 29.8 Å². The van der Waals surface area contributed by atoms with Gasteiger partial charge < -0.3 is 5.32 Å². The van der Waals surface area contributed by atoms with Gasteiger partial charge in [0.15, 0.2) is 11.6 Å². The first-order valence-corrected chi connectivity index (χ1v) is 9.18. The van der Waals surface area contributed by atoms with Gasteiger partial charge in [0.2, 0.25) is 0 Å². The molecule has 0 radical (unpaired) electrons. The van der Waals surface area contributed by atoms with Crippen molar-refractivity contribution in [2.45, 2.75) is 18.9 Å². The number of fused-ring (bicyclic) bond motifs is 1. The number of anilines is 1. The summed E-state index contributed by atoms with van der Waals surface area (Å²) in [7, 11) is 0. The molecule has 0 bridgehead atoms. The van der Waals surface area contributed by atoms with Crippen LogP contribution in [0.5, 0.6) is 0 Å². The van der Waals surface area contributed by atoms with Crippen LogP contribution in [0, 0.1) is 0 Å². The predicted octanol–water partition coefficient (Wildman–Crippen LogP) is 5.64. The van der Waals surface area contributed by atoms with Crippen molar-refractivity contribution in [3.8, 4) is 0 Å². The second-order valence-electron chi connectivity index (χ2n) is 6.47. The molecule has 0 saturated heterocycles. The average Bonchev–Trinajstić information content (AvgIpc) is 2.88. The number of pyridine rings is 1. The van der Waals surface area contributed by atoms with Crippen molar-refractivity contribution >= 4 is 34.6 Å². The minimum absolute atomic E-state index is 0.0271. The quantitative estimate of drug-likeness (QED) is 0.600. The van der Waals surface area contributed by atoms with Gasteiger partial charge in [0, 0.05) is 35.3 Å². The molecule has 1 atom stereocenters. The maximum Gasteiger partial charge on any atom is 0.168 e. The zero-order valence-electron chi connectivity index (χ0n) is 14.6. The molecular weight excluding hydrogens is 358 g/mol. The van der Waals surface area contributed by atoms with Crippen LogP contribution < -0.4 is 5.32 Å². The molecule has 134 valence electrons. The lowest BCUT2D eigenvalue weighted by atomic mass is 9.97. The summed E-state index contributed by atoms with van der Waals surface area (Å²) in [5.74, 6) is 0.788. The molecule has 27 heavy (non-hydrogen) atoms. The van der Waals surface area contributed by atoms with Gasteiger partial charge in [-0.2, -0.15) is 0 Å². The Bertz CT molecular complexity index is 984. The summed E-state index contributed by atoms with van der Waals surface area (Å²) in [4.78, 5) is 21.8. The van der Waals surface area contributed by atoms with Crippen molar-refractivity contribution in [1.82, 2.24) is 4.98 Å². The highest BCUT2D eigenvalue weighted by atomic mass is 35.5. The maximum absolute atomic E-state index is 12.7. The molecule has 0 amide bonds. The Kier molecular flexibility index (Phi) is 4.99. The first-order chi connectivity index (χ1) is 13.2. The SMILES string of the molecule is O=C(CC1=Nc2cccnc2NC(c2ccc(Cl)cc2)C1)c1ccccc1. The zero-order valence-corrected chi connectivity index (χ0v) is 15.4. The van der Waals surface area contributed by atoms with Crippen LogP contribution in [-0.4, -0.2) is 16.5 Å². The van der Waals surface area contributed by atoms with Gasteiger partial charge in [-0.1, -0.05) is 54.1 Å². The highest BCUT2D eigenvalue weighted by Crippen LogP contribution is 2.33. The molecule has 1 aliphatic heterocycles. The summed E-state index contributed by atoms with van der Waals surface area (Å²) in [5, 5.41) is 4.15. The van der Waals surface area contributed by atoms with Crippen LogP contribution in [0.2, 0.25) is 5.02 Å². The van der Waals surface area contributed by atoms with Crippen molar-refractivity contribution in [2.75, 3.05) is 5.32 Å². The lowest BCUT2D eigenvalue weighted by Gasteiger charge is -2.18. The molecule has 0 fully saturated rings. The second kappa shape index (κ2) is 7.72. The Morgan fingerprint density at radius 2 is 1.81 bits per heavy atom. The smallest absolute Gasteiger partial charge is 0.168 e. The van der Waals surface area contributed by atoms with Crippen molar-refractivity contribution in [3.63, 3.8) is 0 Å². The van der Waals surface area contributed by atoms with E-state index in [1.165, 1.54) is 0 Å². The lowest BCUT2D eigenvalue weighted by Crippen LogP contribution is -2.16. The van der Waals surface area contributed by atoms with E-state index >= 15 is 0 Å². The Balaban J connectivity index is 1.66. The molecule has 2 aromatic carbocycles. The van der Waals surface area contributed by atoms with Crippen molar-refractivity contribution in [3.05, 3.63) is 89.1 Å². The molecule has 4 rings (SSSR count). The number of hydrogen-bond donors (Lipinski definition) is 1. The average molecular weight is 376 g/mol. The van der Waals surface area contributed by atoms with Crippen LogP contribution in [-0.2, 0) is 0 Å². The molecule has 1 N–H and O–H groups in total. The summed E-state index contributed by atoms with van der Waals surface area (Å²) in [6.45, 7) is 0. The lowest BCUT2D eigenvalue weighted by molar-refractivity contribution is 0.1000. The molecule has 0 spiro atoms. The number of hydrogen-bond acceptors (Lipinski definition) is 4. The molecular formula is C22H18ClN3O.